The van der Waals surface area contributed by atoms with Crippen molar-refractivity contribution in [1.82, 2.24) is 24.4 Å². The molecule has 0 saturated carbocycles. The molecule has 2 aliphatic heterocycles. The maximum atomic E-state index is 13.1. The summed E-state index contributed by atoms with van der Waals surface area (Å²) in [5.74, 6) is -0.289. The third kappa shape index (κ3) is 6.23. The third-order valence-corrected chi connectivity index (χ3v) is 9.51. The fraction of sp³-hybridized carbons (Fsp3) is 0.394. The Hall–Kier alpha value is -4.15. The van der Waals surface area contributed by atoms with E-state index in [0.717, 1.165) is 42.9 Å². The van der Waals surface area contributed by atoms with E-state index in [1.54, 1.807) is 4.52 Å². The molecule has 44 heavy (non-hydrogen) atoms. The number of halogens is 1. The molecule has 2 saturated heterocycles. The van der Waals surface area contributed by atoms with Crippen LogP contribution in [0.5, 0.6) is 0 Å². The van der Waals surface area contributed by atoms with Crippen LogP contribution in [0.1, 0.15) is 41.6 Å². The summed E-state index contributed by atoms with van der Waals surface area (Å²) >= 11 is 6.03. The van der Waals surface area contributed by atoms with Crippen LogP contribution < -0.4 is 10.2 Å². The summed E-state index contributed by atoms with van der Waals surface area (Å²) in [4.78, 5) is 36.7. The molecule has 0 aliphatic carbocycles. The minimum absolute atomic E-state index is 0.0308. The van der Waals surface area contributed by atoms with Gasteiger partial charge in [-0.1, -0.05) is 23.7 Å². The van der Waals surface area contributed by atoms with Gasteiger partial charge < -0.3 is 25.1 Å². The Kier molecular flexibility index (Phi) is 8.46. The molecule has 11 heteroatoms. The van der Waals surface area contributed by atoms with Crippen LogP contribution in [-0.2, 0) is 11.2 Å². The van der Waals surface area contributed by atoms with Crippen LogP contribution in [0.4, 0.5) is 17.3 Å². The number of aromatic nitrogens is 3. The lowest BCUT2D eigenvalue weighted by Gasteiger charge is -2.40. The van der Waals surface area contributed by atoms with Crippen molar-refractivity contribution in [3.05, 3.63) is 83.0 Å². The number of piperidine rings is 2. The first-order chi connectivity index (χ1) is 21.2. The molecule has 230 valence electrons. The number of aliphatic carboxylic acids is 1. The second-order valence-electron chi connectivity index (χ2n) is 12.1. The highest BCUT2D eigenvalue weighted by Gasteiger charge is 2.42. The van der Waals surface area contributed by atoms with Crippen LogP contribution in [0.15, 0.2) is 66.9 Å². The van der Waals surface area contributed by atoms with E-state index in [1.165, 1.54) is 0 Å². The number of anilines is 3. The molecular weight excluding hydrogens is 578 g/mol. The van der Waals surface area contributed by atoms with Crippen molar-refractivity contribution >= 4 is 46.4 Å². The van der Waals surface area contributed by atoms with E-state index in [2.05, 4.69) is 27.3 Å². The lowest BCUT2D eigenvalue weighted by molar-refractivity contribution is -0.150. The average Bonchev–Trinajstić information content (AvgIpc) is 3.45. The fourth-order valence-corrected chi connectivity index (χ4v) is 6.53. The molecule has 10 nitrogen and oxygen atoms in total. The molecule has 0 bridgehead atoms. The van der Waals surface area contributed by atoms with Crippen molar-refractivity contribution < 1.29 is 14.7 Å². The lowest BCUT2D eigenvalue weighted by atomic mass is 9.73. The van der Waals surface area contributed by atoms with Gasteiger partial charge in [0.25, 0.3) is 5.91 Å². The molecule has 2 fully saturated rings. The van der Waals surface area contributed by atoms with Gasteiger partial charge >= 0.3 is 5.97 Å². The van der Waals surface area contributed by atoms with Crippen molar-refractivity contribution in [2.24, 2.45) is 5.41 Å². The predicted octanol–water partition coefficient (Wildman–Crippen LogP) is 5.21. The Labute approximate surface area is 262 Å². The van der Waals surface area contributed by atoms with Gasteiger partial charge in [0.15, 0.2) is 5.65 Å². The van der Waals surface area contributed by atoms with E-state index < -0.39 is 11.4 Å². The Morgan fingerprint density at radius 2 is 1.70 bits per heavy atom. The first-order valence-corrected chi connectivity index (χ1v) is 15.5. The Balaban J connectivity index is 1.12. The summed E-state index contributed by atoms with van der Waals surface area (Å²) in [6.45, 7) is 3.20. The number of rotatable bonds is 8. The molecule has 0 radical (unpaired) electrons. The maximum Gasteiger partial charge on any atom is 0.310 e. The molecule has 2 aromatic heterocycles. The van der Waals surface area contributed by atoms with E-state index in [0.29, 0.717) is 54.5 Å². The van der Waals surface area contributed by atoms with Crippen LogP contribution in [0.3, 0.4) is 0 Å². The minimum atomic E-state index is -0.828. The number of carbonyl (C=O) groups excluding carboxylic acids is 1. The first kappa shape index (κ1) is 29.9. The van der Waals surface area contributed by atoms with E-state index in [1.807, 2.05) is 78.8 Å². The van der Waals surface area contributed by atoms with E-state index in [4.69, 9.17) is 16.6 Å². The van der Waals surface area contributed by atoms with Crippen LogP contribution in [-0.4, -0.2) is 87.7 Å². The summed E-state index contributed by atoms with van der Waals surface area (Å²) in [6.07, 6.45) is 5.33. The van der Waals surface area contributed by atoms with Gasteiger partial charge in [-0.05, 0) is 106 Å². The highest BCUT2D eigenvalue weighted by atomic mass is 35.5. The number of hydrogen-bond acceptors (Lipinski definition) is 7. The maximum absolute atomic E-state index is 13.1. The number of amides is 1. The SMILES string of the molecule is CN1CCC(N(C)C(=O)c2ccc(Nc3nc4c(N5CCC(Cc6ccc(Cl)cc6)(C(=O)O)CC5)cccn4n3)cc2)CC1. The van der Waals surface area contributed by atoms with E-state index in [9.17, 15) is 14.7 Å². The summed E-state index contributed by atoms with van der Waals surface area (Å²) in [5.41, 5.74) is 3.19. The Bertz CT molecular complexity index is 1620. The zero-order valence-electron chi connectivity index (χ0n) is 25.1. The Morgan fingerprint density at radius 1 is 1.02 bits per heavy atom. The first-order valence-electron chi connectivity index (χ1n) is 15.1. The molecule has 4 heterocycles. The van der Waals surface area contributed by atoms with Gasteiger partial charge in [0.05, 0.1) is 11.1 Å². The van der Waals surface area contributed by atoms with E-state index >= 15 is 0 Å². The topological polar surface area (TPSA) is 106 Å². The highest BCUT2D eigenvalue weighted by molar-refractivity contribution is 6.30. The van der Waals surface area contributed by atoms with Crippen molar-refractivity contribution in [2.45, 2.75) is 38.1 Å². The zero-order chi connectivity index (χ0) is 30.8. The smallest absolute Gasteiger partial charge is 0.310 e. The number of fused-ring (bicyclic) bond motifs is 1. The summed E-state index contributed by atoms with van der Waals surface area (Å²) in [7, 11) is 4.01. The third-order valence-electron chi connectivity index (χ3n) is 9.26. The zero-order valence-corrected chi connectivity index (χ0v) is 25.9. The van der Waals surface area contributed by atoms with Crippen LogP contribution in [0, 0.1) is 5.41 Å². The lowest BCUT2D eigenvalue weighted by Crippen LogP contribution is -2.45. The molecule has 0 unspecified atom stereocenters. The molecule has 0 atom stereocenters. The molecule has 4 aromatic rings. The standard InChI is InChI=1S/C33H38ClN7O3/c1-38-18-13-27(14-19-38)39(2)30(42)24-7-11-26(12-8-24)35-32-36-29-28(4-3-17-41(29)37-32)40-20-15-33(16-21-40,31(43)44)22-23-5-9-25(34)10-6-23/h3-12,17,27H,13-16,18-22H2,1-2H3,(H,35,37)(H,43,44). The van der Waals surface area contributed by atoms with Crippen molar-refractivity contribution in [3.8, 4) is 0 Å². The number of hydrogen-bond donors (Lipinski definition) is 2. The van der Waals surface area contributed by atoms with Gasteiger partial charge in [-0.2, -0.15) is 4.98 Å². The number of likely N-dealkylation sites (tertiary alicyclic amines) is 1. The number of carboxylic acid groups (broad SMARTS) is 1. The van der Waals surface area contributed by atoms with Crippen LogP contribution in [0.25, 0.3) is 5.65 Å². The van der Waals surface area contributed by atoms with Crippen molar-refractivity contribution in [3.63, 3.8) is 0 Å². The molecule has 0 spiro atoms. The van der Waals surface area contributed by atoms with Gasteiger partial charge in [0.1, 0.15) is 0 Å². The second-order valence-corrected chi connectivity index (χ2v) is 12.6. The summed E-state index contributed by atoms with van der Waals surface area (Å²) in [5, 5.41) is 18.7. The van der Waals surface area contributed by atoms with E-state index in [-0.39, 0.29) is 11.9 Å². The fourth-order valence-electron chi connectivity index (χ4n) is 6.40. The Morgan fingerprint density at radius 3 is 2.36 bits per heavy atom. The largest absolute Gasteiger partial charge is 0.481 e. The summed E-state index contributed by atoms with van der Waals surface area (Å²) < 4.78 is 1.74. The van der Waals surface area contributed by atoms with Gasteiger partial charge in [0, 0.05) is 48.6 Å². The number of nitrogens with zero attached hydrogens (tertiary/aromatic N) is 6. The molecule has 2 N–H and O–H groups in total. The second kappa shape index (κ2) is 12.5. The van der Waals surface area contributed by atoms with Crippen LogP contribution >= 0.6 is 11.6 Å². The molecule has 2 aromatic carbocycles. The monoisotopic (exact) mass is 615 g/mol. The van der Waals surface area contributed by atoms with Gasteiger partial charge in [-0.25, -0.2) is 4.52 Å². The van der Waals surface area contributed by atoms with Crippen molar-refractivity contribution in [2.75, 3.05) is 50.5 Å². The normalized spacial score (nSPS) is 17.5. The molecule has 6 rings (SSSR count). The predicted molar refractivity (Wildman–Crippen MR) is 172 cm³/mol. The van der Waals surface area contributed by atoms with Gasteiger partial charge in [-0.3, -0.25) is 9.59 Å². The average molecular weight is 616 g/mol. The van der Waals surface area contributed by atoms with Gasteiger partial charge in [-0.15, -0.1) is 5.10 Å². The molecular formula is C33H38ClN7O3. The number of pyridine rings is 1. The number of carbonyl (C=O) groups is 2. The number of carboxylic acids is 1. The minimum Gasteiger partial charge on any atom is -0.481 e. The summed E-state index contributed by atoms with van der Waals surface area (Å²) in [6, 6.07) is 19.0. The molecule has 2 aliphatic rings. The number of benzene rings is 2. The van der Waals surface area contributed by atoms with Crippen LogP contribution in [0.2, 0.25) is 5.02 Å². The molecule has 1 amide bonds. The van der Waals surface area contributed by atoms with Crippen molar-refractivity contribution in [1.29, 1.82) is 0 Å². The number of nitrogens with one attached hydrogen (secondary N) is 1. The highest BCUT2D eigenvalue weighted by Crippen LogP contribution is 2.38. The van der Waals surface area contributed by atoms with Gasteiger partial charge in [0.2, 0.25) is 5.95 Å². The quantitative estimate of drug-likeness (QED) is 0.278.